The van der Waals surface area contributed by atoms with Crippen LogP contribution in [0.5, 0.6) is 0 Å². The van der Waals surface area contributed by atoms with Crippen molar-refractivity contribution in [1.82, 2.24) is 0 Å². The van der Waals surface area contributed by atoms with Crippen LogP contribution in [-0.2, 0) is 28.6 Å². The fourth-order valence-corrected chi connectivity index (χ4v) is 1.99. The average Bonchev–Trinajstić information content (AvgIpc) is 2.45. The maximum atomic E-state index is 11.8. The molecule has 0 spiro atoms. The van der Waals surface area contributed by atoms with Crippen LogP contribution in [0.3, 0.4) is 0 Å². The van der Waals surface area contributed by atoms with Crippen molar-refractivity contribution in [3.8, 4) is 0 Å². The molecule has 0 radical (unpaired) electrons. The van der Waals surface area contributed by atoms with Gasteiger partial charge < -0.3 is 14.2 Å². The highest BCUT2D eigenvalue weighted by atomic mass is 16.6. The third kappa shape index (κ3) is 4.55. The monoisotopic (exact) mass is 324 g/mol. The van der Waals surface area contributed by atoms with Gasteiger partial charge in [0, 0.05) is 18.2 Å². The maximum Gasteiger partial charge on any atom is 0.330 e. The number of rotatable bonds is 8. The van der Waals surface area contributed by atoms with E-state index in [2.05, 4.69) is 19.7 Å². The first-order valence-electron chi connectivity index (χ1n) is 6.93. The lowest BCUT2D eigenvalue weighted by Gasteiger charge is -2.50. The molecule has 0 saturated carbocycles. The lowest BCUT2D eigenvalue weighted by atomic mass is 9.74. The van der Waals surface area contributed by atoms with Crippen LogP contribution >= 0.6 is 0 Å². The van der Waals surface area contributed by atoms with E-state index in [-0.39, 0.29) is 0 Å². The number of carbonyl (C=O) groups is 3. The number of ether oxygens (including phenoxy) is 3. The molecule has 0 atom stereocenters. The standard InChI is InChI=1S/C17H24O6/c1-9-12(18)21-15(4,5)17(8,23-14(20)11-3)16(6,7)22-13(19)10-2/h9-11H,1-3H2,4-8H3. The molecule has 0 amide bonds. The quantitative estimate of drug-likeness (QED) is 0.388. The van der Waals surface area contributed by atoms with Gasteiger partial charge in [-0.2, -0.15) is 0 Å². The van der Waals surface area contributed by atoms with Crippen LogP contribution < -0.4 is 0 Å². The Bertz CT molecular complexity index is 493. The van der Waals surface area contributed by atoms with E-state index < -0.39 is 34.7 Å². The van der Waals surface area contributed by atoms with Gasteiger partial charge >= 0.3 is 17.9 Å². The van der Waals surface area contributed by atoms with Gasteiger partial charge in [-0.05, 0) is 34.6 Å². The van der Waals surface area contributed by atoms with Crippen molar-refractivity contribution in [3.05, 3.63) is 38.0 Å². The lowest BCUT2D eigenvalue weighted by Crippen LogP contribution is -2.66. The van der Waals surface area contributed by atoms with Crippen LogP contribution in [0, 0.1) is 0 Å². The van der Waals surface area contributed by atoms with E-state index in [0.717, 1.165) is 18.2 Å². The van der Waals surface area contributed by atoms with Crippen molar-refractivity contribution in [2.45, 2.75) is 51.4 Å². The molecule has 0 fully saturated rings. The number of hydrogen-bond acceptors (Lipinski definition) is 6. The Kier molecular flexibility index (Phi) is 6.51. The van der Waals surface area contributed by atoms with Crippen LogP contribution in [0.15, 0.2) is 38.0 Å². The molecule has 0 aliphatic heterocycles. The van der Waals surface area contributed by atoms with Gasteiger partial charge in [0.1, 0.15) is 0 Å². The fourth-order valence-electron chi connectivity index (χ4n) is 1.99. The lowest BCUT2D eigenvalue weighted by molar-refractivity contribution is -0.246. The Labute approximate surface area is 136 Å². The highest BCUT2D eigenvalue weighted by Gasteiger charge is 2.59. The Hall–Kier alpha value is -2.37. The second-order valence-electron chi connectivity index (χ2n) is 5.93. The molecule has 0 unspecified atom stereocenters. The average molecular weight is 324 g/mol. The van der Waals surface area contributed by atoms with Crippen molar-refractivity contribution >= 4 is 17.9 Å². The molecule has 0 saturated heterocycles. The molecule has 0 rings (SSSR count). The van der Waals surface area contributed by atoms with Crippen molar-refractivity contribution in [3.63, 3.8) is 0 Å². The molecule has 0 heterocycles. The Balaban J connectivity index is 5.98. The van der Waals surface area contributed by atoms with Gasteiger partial charge in [-0.15, -0.1) is 0 Å². The Morgan fingerprint density at radius 1 is 0.652 bits per heavy atom. The first kappa shape index (κ1) is 20.6. The fraction of sp³-hybridized carbons (Fsp3) is 0.471. The zero-order valence-corrected chi connectivity index (χ0v) is 14.3. The van der Waals surface area contributed by atoms with E-state index in [0.29, 0.717) is 0 Å². The molecule has 0 bridgehead atoms. The molecule has 0 aliphatic rings. The molecule has 0 aromatic carbocycles. The third-order valence-corrected chi connectivity index (χ3v) is 3.81. The van der Waals surface area contributed by atoms with E-state index >= 15 is 0 Å². The van der Waals surface area contributed by atoms with Crippen molar-refractivity contribution < 1.29 is 28.6 Å². The molecule has 6 nitrogen and oxygen atoms in total. The van der Waals surface area contributed by atoms with Crippen LogP contribution in [0.2, 0.25) is 0 Å². The molecule has 6 heteroatoms. The minimum Gasteiger partial charge on any atom is -0.452 e. The summed E-state index contributed by atoms with van der Waals surface area (Å²) in [6.45, 7) is 17.6. The molecule has 128 valence electrons. The SMILES string of the molecule is C=CC(=O)OC(C)(C)C(C)(OC(=O)C=C)C(C)(C)OC(=O)C=C. The molecule has 0 N–H and O–H groups in total. The zero-order valence-electron chi connectivity index (χ0n) is 14.3. The van der Waals surface area contributed by atoms with Gasteiger partial charge in [-0.3, -0.25) is 0 Å². The van der Waals surface area contributed by atoms with Gasteiger partial charge in [0.05, 0.1) is 0 Å². The molecular weight excluding hydrogens is 300 g/mol. The number of hydrogen-bond donors (Lipinski definition) is 0. The van der Waals surface area contributed by atoms with Gasteiger partial charge in [-0.1, -0.05) is 19.7 Å². The predicted molar refractivity (Wildman–Crippen MR) is 85.4 cm³/mol. The Morgan fingerprint density at radius 2 is 0.913 bits per heavy atom. The van der Waals surface area contributed by atoms with Crippen molar-refractivity contribution in [2.24, 2.45) is 0 Å². The summed E-state index contributed by atoms with van der Waals surface area (Å²) in [4.78, 5) is 35.0. The van der Waals surface area contributed by atoms with Crippen LogP contribution in [-0.4, -0.2) is 34.7 Å². The molecular formula is C17H24O6. The second kappa shape index (κ2) is 7.26. The normalized spacial score (nSPS) is 11.9. The summed E-state index contributed by atoms with van der Waals surface area (Å²) in [7, 11) is 0. The van der Waals surface area contributed by atoms with Gasteiger partial charge in [-0.25, -0.2) is 14.4 Å². The Morgan fingerprint density at radius 3 is 1.17 bits per heavy atom. The summed E-state index contributed by atoms with van der Waals surface area (Å²) in [6, 6.07) is 0. The first-order chi connectivity index (χ1) is 10.4. The second-order valence-corrected chi connectivity index (χ2v) is 5.93. The minimum absolute atomic E-state index is 0.707. The van der Waals surface area contributed by atoms with Crippen molar-refractivity contribution in [1.29, 1.82) is 0 Å². The summed E-state index contributed by atoms with van der Waals surface area (Å²) < 4.78 is 16.1. The van der Waals surface area contributed by atoms with Gasteiger partial charge in [0.25, 0.3) is 0 Å². The third-order valence-electron chi connectivity index (χ3n) is 3.81. The first-order valence-corrected chi connectivity index (χ1v) is 6.93. The molecule has 0 aromatic rings. The highest BCUT2D eigenvalue weighted by Crippen LogP contribution is 2.41. The summed E-state index contributed by atoms with van der Waals surface area (Å²) in [6.07, 6.45) is 2.94. The minimum atomic E-state index is -1.53. The van der Waals surface area contributed by atoms with E-state index in [1.165, 1.54) is 34.6 Å². The van der Waals surface area contributed by atoms with Gasteiger partial charge in [0.2, 0.25) is 0 Å². The summed E-state index contributed by atoms with van der Waals surface area (Å²) >= 11 is 0. The maximum absolute atomic E-state index is 11.8. The topological polar surface area (TPSA) is 78.9 Å². The van der Waals surface area contributed by atoms with E-state index in [1.807, 2.05) is 0 Å². The highest BCUT2D eigenvalue weighted by molar-refractivity contribution is 5.83. The summed E-state index contributed by atoms with van der Waals surface area (Å²) in [5.41, 5.74) is -4.22. The van der Waals surface area contributed by atoms with Crippen molar-refractivity contribution in [2.75, 3.05) is 0 Å². The smallest absolute Gasteiger partial charge is 0.330 e. The molecule has 23 heavy (non-hydrogen) atoms. The largest absolute Gasteiger partial charge is 0.452 e. The van der Waals surface area contributed by atoms with Crippen LogP contribution in [0.4, 0.5) is 0 Å². The molecule has 0 aromatic heterocycles. The summed E-state index contributed by atoms with van der Waals surface area (Å²) in [5, 5.41) is 0. The number of esters is 3. The molecule has 0 aliphatic carbocycles. The predicted octanol–water partition coefficient (Wildman–Crippen LogP) is 2.49. The van der Waals surface area contributed by atoms with E-state index in [1.54, 1.807) is 0 Å². The van der Waals surface area contributed by atoms with E-state index in [4.69, 9.17) is 14.2 Å². The van der Waals surface area contributed by atoms with Gasteiger partial charge in [0.15, 0.2) is 16.8 Å². The van der Waals surface area contributed by atoms with Crippen LogP contribution in [0.25, 0.3) is 0 Å². The number of carbonyl (C=O) groups excluding carboxylic acids is 3. The zero-order chi connectivity index (χ0) is 18.5. The van der Waals surface area contributed by atoms with E-state index in [9.17, 15) is 14.4 Å². The van der Waals surface area contributed by atoms with Crippen LogP contribution in [0.1, 0.15) is 34.6 Å². The summed E-state index contributed by atoms with van der Waals surface area (Å²) in [5.74, 6) is -2.17.